The van der Waals surface area contributed by atoms with E-state index in [0.717, 1.165) is 45.6 Å². The molecule has 0 bridgehead atoms. The van der Waals surface area contributed by atoms with E-state index >= 15 is 0 Å². The number of hydrogen-bond acceptors (Lipinski definition) is 5. The van der Waals surface area contributed by atoms with Gasteiger partial charge in [0.1, 0.15) is 0 Å². The minimum atomic E-state index is 0.114. The molecule has 1 aliphatic heterocycles. The van der Waals surface area contributed by atoms with E-state index in [4.69, 9.17) is 10.5 Å². The molecule has 6 heteroatoms. The highest BCUT2D eigenvalue weighted by atomic mass is 16.5. The van der Waals surface area contributed by atoms with Crippen molar-refractivity contribution in [1.29, 1.82) is 0 Å². The molecule has 1 fully saturated rings. The molecule has 1 aliphatic rings. The standard InChI is InChI=1S/C13H28N4O2/c1-19-11-2-5-15-13(18)12-17-7-3-6-16(8-4-14)9-10-17/h2-12,14H2,1H3,(H,15,18). The molecule has 1 heterocycles. The molecule has 1 rings (SSSR count). The number of carbonyl (C=O) groups excluding carboxylic acids is 1. The Labute approximate surface area is 116 Å². The lowest BCUT2D eigenvalue weighted by molar-refractivity contribution is -0.122. The van der Waals surface area contributed by atoms with Crippen molar-refractivity contribution < 1.29 is 9.53 Å². The molecule has 0 aromatic carbocycles. The van der Waals surface area contributed by atoms with Crippen molar-refractivity contribution in [3.05, 3.63) is 0 Å². The van der Waals surface area contributed by atoms with Crippen molar-refractivity contribution in [3.63, 3.8) is 0 Å². The third-order valence-corrected chi connectivity index (χ3v) is 3.34. The molecule has 0 aromatic rings. The first-order chi connectivity index (χ1) is 9.26. The lowest BCUT2D eigenvalue weighted by Gasteiger charge is -2.20. The van der Waals surface area contributed by atoms with Gasteiger partial charge in [-0.15, -0.1) is 0 Å². The van der Waals surface area contributed by atoms with Crippen molar-refractivity contribution in [2.24, 2.45) is 5.73 Å². The number of nitrogens with one attached hydrogen (secondary N) is 1. The van der Waals surface area contributed by atoms with Crippen LogP contribution in [0.5, 0.6) is 0 Å². The first-order valence-electron chi connectivity index (χ1n) is 7.16. The molecule has 3 N–H and O–H groups in total. The second-order valence-corrected chi connectivity index (χ2v) is 4.96. The van der Waals surface area contributed by atoms with Crippen LogP contribution in [0.1, 0.15) is 12.8 Å². The zero-order chi connectivity index (χ0) is 13.9. The van der Waals surface area contributed by atoms with Crippen LogP contribution in [0.3, 0.4) is 0 Å². The maximum atomic E-state index is 11.8. The van der Waals surface area contributed by atoms with Crippen molar-refractivity contribution in [1.82, 2.24) is 15.1 Å². The number of amides is 1. The Morgan fingerprint density at radius 1 is 1.26 bits per heavy atom. The fraction of sp³-hybridized carbons (Fsp3) is 0.923. The van der Waals surface area contributed by atoms with Crippen molar-refractivity contribution in [3.8, 4) is 0 Å². The maximum Gasteiger partial charge on any atom is 0.234 e. The largest absolute Gasteiger partial charge is 0.385 e. The van der Waals surface area contributed by atoms with E-state index in [1.807, 2.05) is 0 Å². The summed E-state index contributed by atoms with van der Waals surface area (Å²) in [5.41, 5.74) is 5.58. The second-order valence-electron chi connectivity index (χ2n) is 4.96. The van der Waals surface area contributed by atoms with Gasteiger partial charge in [0.15, 0.2) is 0 Å². The quantitative estimate of drug-likeness (QED) is 0.561. The average Bonchev–Trinajstić information content (AvgIpc) is 2.61. The Kier molecular flexibility index (Phi) is 8.73. The molecule has 0 unspecified atom stereocenters. The van der Waals surface area contributed by atoms with Gasteiger partial charge >= 0.3 is 0 Å². The summed E-state index contributed by atoms with van der Waals surface area (Å²) >= 11 is 0. The van der Waals surface area contributed by atoms with Crippen molar-refractivity contribution in [2.75, 3.05) is 66.1 Å². The number of carbonyl (C=O) groups is 1. The van der Waals surface area contributed by atoms with Gasteiger partial charge in [0.25, 0.3) is 0 Å². The van der Waals surface area contributed by atoms with Crippen LogP contribution in [-0.2, 0) is 9.53 Å². The smallest absolute Gasteiger partial charge is 0.234 e. The predicted molar refractivity (Wildman–Crippen MR) is 76.1 cm³/mol. The van der Waals surface area contributed by atoms with Gasteiger partial charge in [-0.3, -0.25) is 9.69 Å². The number of nitrogens with two attached hydrogens (primary N) is 1. The van der Waals surface area contributed by atoms with Crippen LogP contribution in [0.25, 0.3) is 0 Å². The molecule has 0 aliphatic carbocycles. The van der Waals surface area contributed by atoms with E-state index < -0.39 is 0 Å². The fourth-order valence-corrected chi connectivity index (χ4v) is 2.29. The summed E-state index contributed by atoms with van der Waals surface area (Å²) in [7, 11) is 1.67. The fourth-order valence-electron chi connectivity index (χ4n) is 2.29. The van der Waals surface area contributed by atoms with E-state index in [0.29, 0.717) is 26.2 Å². The highest BCUT2D eigenvalue weighted by Gasteiger charge is 2.16. The molecule has 0 aromatic heterocycles. The zero-order valence-electron chi connectivity index (χ0n) is 12.1. The molecule has 0 saturated carbocycles. The van der Waals surface area contributed by atoms with E-state index in [-0.39, 0.29) is 5.91 Å². The SMILES string of the molecule is COCCCNC(=O)CN1CCCN(CCN)CC1. The third-order valence-electron chi connectivity index (χ3n) is 3.34. The summed E-state index contributed by atoms with van der Waals surface area (Å²) in [4.78, 5) is 16.4. The van der Waals surface area contributed by atoms with Gasteiger partial charge in [-0.2, -0.15) is 0 Å². The predicted octanol–water partition coefficient (Wildman–Crippen LogP) is -0.894. The Bertz CT molecular complexity index is 251. The highest BCUT2D eigenvalue weighted by Crippen LogP contribution is 2.02. The lowest BCUT2D eigenvalue weighted by atomic mass is 10.3. The van der Waals surface area contributed by atoms with E-state index in [2.05, 4.69) is 15.1 Å². The summed E-state index contributed by atoms with van der Waals surface area (Å²) in [6.45, 7) is 7.59. The van der Waals surface area contributed by atoms with Crippen LogP contribution in [0, 0.1) is 0 Å². The number of rotatable bonds is 8. The topological polar surface area (TPSA) is 70.8 Å². The lowest BCUT2D eigenvalue weighted by Crippen LogP contribution is -2.40. The normalized spacial score (nSPS) is 18.2. The van der Waals surface area contributed by atoms with Crippen LogP contribution in [0.2, 0.25) is 0 Å². The minimum absolute atomic E-state index is 0.114. The third kappa shape index (κ3) is 7.47. The van der Waals surface area contributed by atoms with Gasteiger partial charge in [-0.1, -0.05) is 0 Å². The van der Waals surface area contributed by atoms with Crippen LogP contribution >= 0.6 is 0 Å². The van der Waals surface area contributed by atoms with Gasteiger partial charge in [0, 0.05) is 46.4 Å². The highest BCUT2D eigenvalue weighted by molar-refractivity contribution is 5.77. The number of nitrogens with zero attached hydrogens (tertiary/aromatic N) is 2. The first kappa shape index (κ1) is 16.4. The number of ether oxygens (including phenoxy) is 1. The molecular weight excluding hydrogens is 244 g/mol. The van der Waals surface area contributed by atoms with Gasteiger partial charge in [0.05, 0.1) is 6.54 Å². The van der Waals surface area contributed by atoms with Gasteiger partial charge in [-0.05, 0) is 25.9 Å². The van der Waals surface area contributed by atoms with Gasteiger partial charge < -0.3 is 20.7 Å². The van der Waals surface area contributed by atoms with E-state index in [1.54, 1.807) is 7.11 Å². The molecule has 0 radical (unpaired) electrons. The van der Waals surface area contributed by atoms with E-state index in [9.17, 15) is 4.79 Å². The van der Waals surface area contributed by atoms with Crippen molar-refractivity contribution in [2.45, 2.75) is 12.8 Å². The summed E-state index contributed by atoms with van der Waals surface area (Å²) in [5, 5.41) is 2.93. The monoisotopic (exact) mass is 272 g/mol. The molecule has 0 spiro atoms. The van der Waals surface area contributed by atoms with Gasteiger partial charge in [-0.25, -0.2) is 0 Å². The van der Waals surface area contributed by atoms with Crippen LogP contribution < -0.4 is 11.1 Å². The minimum Gasteiger partial charge on any atom is -0.385 e. The Balaban J connectivity index is 2.16. The second kappa shape index (κ2) is 10.1. The molecular formula is C13H28N4O2. The average molecular weight is 272 g/mol. The summed E-state index contributed by atoms with van der Waals surface area (Å²) in [6.07, 6.45) is 1.98. The first-order valence-corrected chi connectivity index (χ1v) is 7.16. The molecule has 6 nitrogen and oxygen atoms in total. The Hall–Kier alpha value is -0.690. The Morgan fingerprint density at radius 3 is 2.74 bits per heavy atom. The van der Waals surface area contributed by atoms with Crippen LogP contribution in [-0.4, -0.2) is 81.8 Å². The van der Waals surface area contributed by atoms with Crippen LogP contribution in [0.4, 0.5) is 0 Å². The summed E-state index contributed by atoms with van der Waals surface area (Å²) in [6, 6.07) is 0. The number of hydrogen-bond donors (Lipinski definition) is 2. The van der Waals surface area contributed by atoms with Gasteiger partial charge in [0.2, 0.25) is 5.91 Å². The molecule has 19 heavy (non-hydrogen) atoms. The molecule has 0 atom stereocenters. The summed E-state index contributed by atoms with van der Waals surface area (Å²) in [5.74, 6) is 0.114. The summed E-state index contributed by atoms with van der Waals surface area (Å²) < 4.78 is 4.95. The number of methoxy groups -OCH3 is 1. The van der Waals surface area contributed by atoms with Crippen LogP contribution in [0.15, 0.2) is 0 Å². The maximum absolute atomic E-state index is 11.8. The van der Waals surface area contributed by atoms with E-state index in [1.165, 1.54) is 0 Å². The molecule has 1 saturated heterocycles. The zero-order valence-corrected chi connectivity index (χ0v) is 12.1. The molecule has 112 valence electrons. The van der Waals surface area contributed by atoms with Crippen molar-refractivity contribution >= 4 is 5.91 Å². The molecule has 1 amide bonds. The Morgan fingerprint density at radius 2 is 2.00 bits per heavy atom.